The van der Waals surface area contributed by atoms with Crippen LogP contribution in [0.1, 0.15) is 36.8 Å². The van der Waals surface area contributed by atoms with Crippen molar-refractivity contribution < 1.29 is 19.1 Å². The van der Waals surface area contributed by atoms with Gasteiger partial charge in [0.05, 0.1) is 12.1 Å². The number of nitriles is 2. The molecule has 0 fully saturated rings. The van der Waals surface area contributed by atoms with Crippen molar-refractivity contribution in [2.24, 2.45) is 5.41 Å². The summed E-state index contributed by atoms with van der Waals surface area (Å²) in [6.45, 7) is -0.161. The highest BCUT2D eigenvalue weighted by molar-refractivity contribution is 6.04. The Morgan fingerprint density at radius 2 is 0.844 bits per heavy atom. The molecule has 0 aliphatic rings. The van der Waals surface area contributed by atoms with Gasteiger partial charge in [0.25, 0.3) is 0 Å². The molecule has 6 rings (SSSR count). The van der Waals surface area contributed by atoms with Gasteiger partial charge in [-0.25, -0.2) is 0 Å². The highest BCUT2D eigenvalue weighted by Crippen LogP contribution is 2.37. The van der Waals surface area contributed by atoms with Gasteiger partial charge >= 0.3 is 11.9 Å². The number of fused-ring (bicyclic) bond motifs is 4. The predicted molar refractivity (Wildman–Crippen MR) is 175 cm³/mol. The van der Waals surface area contributed by atoms with Crippen LogP contribution in [0.3, 0.4) is 0 Å². The number of carbonyl (C=O) groups is 2. The molecule has 0 N–H and O–H groups in total. The van der Waals surface area contributed by atoms with Crippen LogP contribution in [0.15, 0.2) is 109 Å². The minimum absolute atomic E-state index is 0.0793. The van der Waals surface area contributed by atoms with Gasteiger partial charge in [0.1, 0.15) is 13.2 Å². The van der Waals surface area contributed by atoms with E-state index in [0.717, 1.165) is 54.2 Å². The van der Waals surface area contributed by atoms with Gasteiger partial charge in [0.15, 0.2) is 5.41 Å². The van der Waals surface area contributed by atoms with Crippen molar-refractivity contribution in [2.45, 2.75) is 38.9 Å². The van der Waals surface area contributed by atoms with Crippen molar-refractivity contribution in [2.75, 3.05) is 0 Å². The monoisotopic (exact) mass is 590 g/mol. The van der Waals surface area contributed by atoms with Crippen LogP contribution in [-0.2, 0) is 32.3 Å². The molecule has 45 heavy (non-hydrogen) atoms. The lowest BCUT2D eigenvalue weighted by atomic mass is 9.79. The van der Waals surface area contributed by atoms with E-state index in [1.165, 1.54) is 0 Å². The van der Waals surface area contributed by atoms with Crippen LogP contribution in [0.2, 0.25) is 0 Å². The highest BCUT2D eigenvalue weighted by Gasteiger charge is 2.48. The molecule has 6 aromatic carbocycles. The number of hydrogen-bond donors (Lipinski definition) is 0. The molecule has 0 amide bonds. The largest absolute Gasteiger partial charge is 0.460 e. The summed E-state index contributed by atoms with van der Waals surface area (Å²) in [4.78, 5) is 28.1. The molecule has 0 aliphatic heterocycles. The van der Waals surface area contributed by atoms with Gasteiger partial charge in [-0.3, -0.25) is 9.59 Å². The molecule has 6 heteroatoms. The lowest BCUT2D eigenvalue weighted by Crippen LogP contribution is -2.42. The Labute approximate surface area is 261 Å². The van der Waals surface area contributed by atoms with Crippen LogP contribution in [0.5, 0.6) is 0 Å². The molecule has 0 heterocycles. The topological polar surface area (TPSA) is 100 Å². The summed E-state index contributed by atoms with van der Waals surface area (Å²) in [6, 6.07) is 39.8. The second-order valence-electron chi connectivity index (χ2n) is 11.1. The summed E-state index contributed by atoms with van der Waals surface area (Å²) in [6.07, 6.45) is -0.390. The maximum absolute atomic E-state index is 14.1. The van der Waals surface area contributed by atoms with Gasteiger partial charge in [-0.05, 0) is 68.1 Å². The predicted octanol–water partition coefficient (Wildman–Crippen LogP) is 8.68. The molecule has 6 aromatic rings. The molecular weight excluding hydrogens is 560 g/mol. The van der Waals surface area contributed by atoms with E-state index < -0.39 is 17.4 Å². The minimum Gasteiger partial charge on any atom is -0.460 e. The number of benzene rings is 6. The fraction of sp³-hybridized carbons (Fsp3) is 0.179. The van der Waals surface area contributed by atoms with Crippen molar-refractivity contribution in [3.63, 3.8) is 0 Å². The third kappa shape index (κ3) is 5.67. The van der Waals surface area contributed by atoms with Crippen LogP contribution in [0.4, 0.5) is 0 Å². The molecule has 0 saturated heterocycles. The average Bonchev–Trinajstić information content (AvgIpc) is 3.08. The first-order valence-corrected chi connectivity index (χ1v) is 14.9. The molecule has 0 bridgehead atoms. The zero-order valence-electron chi connectivity index (χ0n) is 24.7. The fourth-order valence-electron chi connectivity index (χ4n) is 6.23. The van der Waals surface area contributed by atoms with E-state index in [1.807, 2.05) is 97.1 Å². The number of carbonyl (C=O) groups excluding carboxylic acids is 2. The van der Waals surface area contributed by atoms with Crippen LogP contribution in [-0.4, -0.2) is 11.9 Å². The van der Waals surface area contributed by atoms with E-state index in [4.69, 9.17) is 9.47 Å². The average molecular weight is 591 g/mol. The molecule has 0 atom stereocenters. The summed E-state index contributed by atoms with van der Waals surface area (Å²) in [5, 5.41) is 26.7. The molecule has 0 spiro atoms. The molecule has 0 aromatic heterocycles. The van der Waals surface area contributed by atoms with E-state index in [0.29, 0.717) is 0 Å². The number of ether oxygens (including phenoxy) is 2. The lowest BCUT2D eigenvalue weighted by molar-refractivity contribution is -0.175. The zero-order chi connectivity index (χ0) is 31.2. The SMILES string of the molecule is N#CCCC(CCC#N)(C(=O)OCc1c2ccccc2cc2ccccc12)C(=O)OCc1c2ccccc2cc2ccccc12. The number of nitrogens with zero attached hydrogens (tertiary/aromatic N) is 2. The standard InChI is InChI=1S/C39H30N2O4/c40-21-9-19-39(20-10-22-41,37(42)44-25-35-31-15-5-1-11-27(31)23-28-12-2-6-16-32(28)35)38(43)45-26-36-33-17-7-3-13-29(33)24-30-14-4-8-18-34(30)36/h1-8,11-18,23-24H,9-10,19-20,25-26H2. The normalized spacial score (nSPS) is 11.3. The second kappa shape index (κ2) is 12.9. The maximum atomic E-state index is 14.1. The van der Waals surface area contributed by atoms with Crippen molar-refractivity contribution >= 4 is 55.0 Å². The van der Waals surface area contributed by atoms with Gasteiger partial charge in [0, 0.05) is 24.0 Å². The Bertz CT molecular complexity index is 1890. The quantitative estimate of drug-likeness (QED) is 0.0899. The first-order chi connectivity index (χ1) is 22.1. The molecule has 0 radical (unpaired) electrons. The van der Waals surface area contributed by atoms with Gasteiger partial charge in [-0.15, -0.1) is 0 Å². The third-order valence-corrected chi connectivity index (χ3v) is 8.57. The Morgan fingerprint density at radius 1 is 0.533 bits per heavy atom. The summed E-state index contributed by atoms with van der Waals surface area (Å²) in [5.41, 5.74) is -0.170. The van der Waals surface area contributed by atoms with Crippen LogP contribution >= 0.6 is 0 Å². The van der Waals surface area contributed by atoms with E-state index >= 15 is 0 Å². The van der Waals surface area contributed by atoms with Crippen molar-refractivity contribution in [3.05, 3.63) is 120 Å². The van der Waals surface area contributed by atoms with Crippen molar-refractivity contribution in [1.29, 1.82) is 10.5 Å². The smallest absolute Gasteiger partial charge is 0.323 e. The summed E-state index contributed by atoms with van der Waals surface area (Å²) < 4.78 is 11.9. The summed E-state index contributed by atoms with van der Waals surface area (Å²) >= 11 is 0. The van der Waals surface area contributed by atoms with E-state index in [1.54, 1.807) is 0 Å². The number of hydrogen-bond acceptors (Lipinski definition) is 6. The Kier molecular flexibility index (Phi) is 8.40. The number of esters is 2. The second-order valence-corrected chi connectivity index (χ2v) is 11.1. The van der Waals surface area contributed by atoms with Gasteiger partial charge in [0.2, 0.25) is 0 Å². The Hall–Kier alpha value is -5.72. The lowest BCUT2D eigenvalue weighted by Gasteiger charge is -2.28. The molecular formula is C39H30N2O4. The first kappa shape index (κ1) is 29.4. The fourth-order valence-corrected chi connectivity index (χ4v) is 6.23. The summed E-state index contributed by atoms with van der Waals surface area (Å²) in [7, 11) is 0. The van der Waals surface area contributed by atoms with Crippen LogP contribution < -0.4 is 0 Å². The van der Waals surface area contributed by atoms with E-state index in [9.17, 15) is 20.1 Å². The first-order valence-electron chi connectivity index (χ1n) is 14.9. The molecule has 0 saturated carbocycles. The number of rotatable bonds is 10. The Balaban J connectivity index is 1.34. The minimum atomic E-state index is -1.81. The highest BCUT2D eigenvalue weighted by atomic mass is 16.6. The van der Waals surface area contributed by atoms with Gasteiger partial charge in [-0.1, -0.05) is 97.1 Å². The van der Waals surface area contributed by atoms with E-state index in [2.05, 4.69) is 24.3 Å². The van der Waals surface area contributed by atoms with E-state index in [-0.39, 0.29) is 38.9 Å². The Morgan fingerprint density at radius 3 is 1.16 bits per heavy atom. The maximum Gasteiger partial charge on any atom is 0.323 e. The molecule has 0 unspecified atom stereocenters. The van der Waals surface area contributed by atoms with Crippen molar-refractivity contribution in [1.82, 2.24) is 0 Å². The van der Waals surface area contributed by atoms with Crippen molar-refractivity contribution in [3.8, 4) is 12.1 Å². The van der Waals surface area contributed by atoms with Crippen LogP contribution in [0, 0.1) is 28.1 Å². The molecule has 6 nitrogen and oxygen atoms in total. The van der Waals surface area contributed by atoms with Gasteiger partial charge < -0.3 is 9.47 Å². The van der Waals surface area contributed by atoms with Gasteiger partial charge in [-0.2, -0.15) is 10.5 Å². The summed E-state index contributed by atoms with van der Waals surface area (Å²) in [5.74, 6) is -1.59. The molecule has 220 valence electrons. The third-order valence-electron chi connectivity index (χ3n) is 8.57. The molecule has 0 aliphatic carbocycles. The van der Waals surface area contributed by atoms with Crippen LogP contribution in [0.25, 0.3) is 43.1 Å². The zero-order valence-corrected chi connectivity index (χ0v) is 24.7.